The Morgan fingerprint density at radius 2 is 1.33 bits per heavy atom. The molecule has 0 saturated heterocycles. The van der Waals surface area contributed by atoms with Crippen LogP contribution in [0.25, 0.3) is 43.4 Å². The van der Waals surface area contributed by atoms with Crippen LogP contribution in [0.15, 0.2) is 84.9 Å². The summed E-state index contributed by atoms with van der Waals surface area (Å²) in [5, 5.41) is 17.1. The van der Waals surface area contributed by atoms with Crippen molar-refractivity contribution in [3.63, 3.8) is 0 Å². The second kappa shape index (κ2) is 6.03. The molecule has 2 heteroatoms. The van der Waals surface area contributed by atoms with E-state index in [1.165, 1.54) is 5.39 Å². The third-order valence-corrected chi connectivity index (χ3v) is 5.18. The van der Waals surface area contributed by atoms with Gasteiger partial charge in [0.25, 0.3) is 0 Å². The lowest BCUT2D eigenvalue weighted by Crippen LogP contribution is -1.91. The van der Waals surface area contributed by atoms with Gasteiger partial charge in [-0.1, -0.05) is 54.6 Å². The molecule has 0 spiro atoms. The molecule has 0 saturated carbocycles. The lowest BCUT2D eigenvalue weighted by Gasteiger charge is -2.16. The maximum atomic E-state index is 10.4. The first-order chi connectivity index (χ1) is 13.2. The fraction of sp³-hybridized carbons (Fsp3) is 0.0400. The van der Waals surface area contributed by atoms with Crippen LogP contribution in [0.1, 0.15) is 0 Å². The van der Waals surface area contributed by atoms with Crippen molar-refractivity contribution in [3.8, 4) is 22.6 Å². The Hall–Kier alpha value is -3.52. The van der Waals surface area contributed by atoms with Gasteiger partial charge in [-0.15, -0.1) is 0 Å². The summed E-state index contributed by atoms with van der Waals surface area (Å²) in [5.74, 6) is 1.05. The highest BCUT2D eigenvalue weighted by molar-refractivity contribution is 6.11. The molecule has 27 heavy (non-hydrogen) atoms. The lowest BCUT2D eigenvalue weighted by molar-refractivity contribution is 0.417. The van der Waals surface area contributed by atoms with Crippen molar-refractivity contribution in [2.45, 2.75) is 0 Å². The fourth-order valence-corrected chi connectivity index (χ4v) is 3.94. The number of hydrogen-bond donors (Lipinski definition) is 1. The average Bonchev–Trinajstić information content (AvgIpc) is 2.71. The van der Waals surface area contributed by atoms with Gasteiger partial charge in [0.15, 0.2) is 0 Å². The molecule has 2 nitrogen and oxygen atoms in total. The number of ether oxygens (including phenoxy) is 1. The molecule has 0 unspecified atom stereocenters. The van der Waals surface area contributed by atoms with E-state index in [-0.39, 0.29) is 5.75 Å². The van der Waals surface area contributed by atoms with E-state index >= 15 is 0 Å². The van der Waals surface area contributed by atoms with Crippen LogP contribution >= 0.6 is 0 Å². The van der Waals surface area contributed by atoms with Crippen molar-refractivity contribution in [3.05, 3.63) is 84.9 Å². The molecule has 0 fully saturated rings. The molecule has 0 amide bonds. The van der Waals surface area contributed by atoms with Crippen LogP contribution in [0.4, 0.5) is 0 Å². The second-order valence-electron chi connectivity index (χ2n) is 6.78. The van der Waals surface area contributed by atoms with E-state index in [2.05, 4.69) is 42.5 Å². The smallest absolute Gasteiger partial charge is 0.127 e. The van der Waals surface area contributed by atoms with Gasteiger partial charge in [0.05, 0.1) is 7.11 Å². The Balaban J connectivity index is 1.96. The standard InChI is InChI=1S/C25H18O2/c1-27-24-11-10-16-6-4-5-9-21(16)25(24)23-15-20(26)13-19-12-17-7-2-3-8-18(17)14-22(19)23/h2-15,26H,1H3. The molecule has 0 aliphatic heterocycles. The predicted molar refractivity (Wildman–Crippen MR) is 113 cm³/mol. The third kappa shape index (κ3) is 2.49. The molecular formula is C25H18O2. The monoisotopic (exact) mass is 350 g/mol. The lowest BCUT2D eigenvalue weighted by atomic mass is 9.91. The van der Waals surface area contributed by atoms with E-state index in [0.29, 0.717) is 0 Å². The van der Waals surface area contributed by atoms with Crippen LogP contribution in [0, 0.1) is 0 Å². The molecule has 5 aromatic rings. The van der Waals surface area contributed by atoms with E-state index in [1.807, 2.05) is 42.5 Å². The topological polar surface area (TPSA) is 29.5 Å². The van der Waals surface area contributed by atoms with Crippen LogP contribution in [-0.4, -0.2) is 12.2 Å². The number of rotatable bonds is 2. The Morgan fingerprint density at radius 3 is 2.11 bits per heavy atom. The maximum Gasteiger partial charge on any atom is 0.127 e. The average molecular weight is 350 g/mol. The van der Waals surface area contributed by atoms with E-state index in [1.54, 1.807) is 7.11 Å². The zero-order valence-corrected chi connectivity index (χ0v) is 14.9. The van der Waals surface area contributed by atoms with Crippen molar-refractivity contribution in [1.29, 1.82) is 0 Å². The number of methoxy groups -OCH3 is 1. The first-order valence-electron chi connectivity index (χ1n) is 8.96. The maximum absolute atomic E-state index is 10.4. The molecule has 130 valence electrons. The second-order valence-corrected chi connectivity index (χ2v) is 6.78. The molecule has 0 aliphatic carbocycles. The predicted octanol–water partition coefficient (Wildman–Crippen LogP) is 6.53. The van der Waals surface area contributed by atoms with Gasteiger partial charge in [0.2, 0.25) is 0 Å². The van der Waals surface area contributed by atoms with Gasteiger partial charge in [-0.25, -0.2) is 0 Å². The Morgan fingerprint density at radius 1 is 0.630 bits per heavy atom. The Bertz CT molecular complexity index is 1320. The van der Waals surface area contributed by atoms with Crippen molar-refractivity contribution in [2.75, 3.05) is 7.11 Å². The van der Waals surface area contributed by atoms with Crippen LogP contribution in [0.2, 0.25) is 0 Å². The van der Waals surface area contributed by atoms with Crippen LogP contribution in [0.3, 0.4) is 0 Å². The van der Waals surface area contributed by atoms with E-state index < -0.39 is 0 Å². The minimum atomic E-state index is 0.253. The molecule has 0 bridgehead atoms. The summed E-state index contributed by atoms with van der Waals surface area (Å²) >= 11 is 0. The minimum absolute atomic E-state index is 0.253. The Labute approximate surface area is 157 Å². The van der Waals surface area contributed by atoms with Gasteiger partial charge in [-0.2, -0.15) is 0 Å². The van der Waals surface area contributed by atoms with Gasteiger partial charge in [-0.05, 0) is 68.2 Å². The summed E-state index contributed by atoms with van der Waals surface area (Å²) in [4.78, 5) is 0. The first kappa shape index (κ1) is 15.7. The van der Waals surface area contributed by atoms with E-state index in [4.69, 9.17) is 4.74 Å². The van der Waals surface area contributed by atoms with Gasteiger partial charge in [0, 0.05) is 5.56 Å². The summed E-state index contributed by atoms with van der Waals surface area (Å²) < 4.78 is 5.70. The summed E-state index contributed by atoms with van der Waals surface area (Å²) in [6, 6.07) is 28.6. The molecule has 5 rings (SSSR count). The zero-order valence-electron chi connectivity index (χ0n) is 14.9. The quantitative estimate of drug-likeness (QED) is 0.367. The molecule has 0 heterocycles. The number of phenols is 1. The number of benzene rings is 5. The van der Waals surface area contributed by atoms with E-state index in [0.717, 1.165) is 43.8 Å². The molecule has 0 aliphatic rings. The summed E-state index contributed by atoms with van der Waals surface area (Å²) in [7, 11) is 1.69. The molecule has 0 radical (unpaired) electrons. The molecular weight excluding hydrogens is 332 g/mol. The zero-order chi connectivity index (χ0) is 18.4. The van der Waals surface area contributed by atoms with Crippen LogP contribution in [-0.2, 0) is 0 Å². The summed E-state index contributed by atoms with van der Waals surface area (Å²) in [6.45, 7) is 0. The largest absolute Gasteiger partial charge is 0.508 e. The van der Waals surface area contributed by atoms with Gasteiger partial charge < -0.3 is 9.84 Å². The highest BCUT2D eigenvalue weighted by Gasteiger charge is 2.15. The Kier molecular flexibility index (Phi) is 3.51. The van der Waals surface area contributed by atoms with Crippen molar-refractivity contribution in [2.24, 2.45) is 0 Å². The van der Waals surface area contributed by atoms with Crippen molar-refractivity contribution >= 4 is 32.3 Å². The molecule has 0 aromatic heterocycles. The normalized spacial score (nSPS) is 11.3. The third-order valence-electron chi connectivity index (χ3n) is 5.18. The number of fused-ring (bicyclic) bond motifs is 3. The van der Waals surface area contributed by atoms with Gasteiger partial charge in [-0.3, -0.25) is 0 Å². The SMILES string of the molecule is COc1ccc2ccccc2c1-c1cc(O)cc2cc3ccccc3cc12. The molecule has 1 N–H and O–H groups in total. The van der Waals surface area contributed by atoms with Gasteiger partial charge >= 0.3 is 0 Å². The molecule has 5 aromatic carbocycles. The van der Waals surface area contributed by atoms with Crippen molar-refractivity contribution < 1.29 is 9.84 Å². The minimum Gasteiger partial charge on any atom is -0.508 e. The highest BCUT2D eigenvalue weighted by atomic mass is 16.5. The van der Waals surface area contributed by atoms with Crippen molar-refractivity contribution in [1.82, 2.24) is 0 Å². The highest BCUT2D eigenvalue weighted by Crippen LogP contribution is 2.42. The molecule has 0 atom stereocenters. The number of hydrogen-bond acceptors (Lipinski definition) is 2. The number of phenolic OH excluding ortho intramolecular Hbond substituents is 1. The van der Waals surface area contributed by atoms with Gasteiger partial charge in [0.1, 0.15) is 11.5 Å². The first-order valence-corrected chi connectivity index (χ1v) is 8.96. The summed E-state index contributed by atoms with van der Waals surface area (Å²) in [6.07, 6.45) is 0. The van der Waals surface area contributed by atoms with Crippen LogP contribution < -0.4 is 4.74 Å². The van der Waals surface area contributed by atoms with E-state index in [9.17, 15) is 5.11 Å². The summed E-state index contributed by atoms with van der Waals surface area (Å²) in [5.41, 5.74) is 1.98. The fourth-order valence-electron chi connectivity index (χ4n) is 3.94. The number of aromatic hydroxyl groups is 1. The van der Waals surface area contributed by atoms with Crippen LogP contribution in [0.5, 0.6) is 11.5 Å².